The molecule has 1 fully saturated rings. The van der Waals surface area contributed by atoms with Gasteiger partial charge in [-0.25, -0.2) is 4.79 Å². The summed E-state index contributed by atoms with van der Waals surface area (Å²) >= 11 is 1.12. The number of halogens is 3. The van der Waals surface area contributed by atoms with Crippen molar-refractivity contribution in [1.29, 1.82) is 0 Å². The molecular formula is C12H13F3N2O3S. The predicted octanol–water partition coefficient (Wildman–Crippen LogP) is 1.87. The summed E-state index contributed by atoms with van der Waals surface area (Å²) in [4.78, 5) is 23.7. The summed E-state index contributed by atoms with van der Waals surface area (Å²) in [7, 11) is 0. The third-order valence-electron chi connectivity index (χ3n) is 3.43. The lowest BCUT2D eigenvalue weighted by atomic mass is 9.81. The molecular weight excluding hydrogens is 309 g/mol. The molecule has 3 N–H and O–H groups in total. The summed E-state index contributed by atoms with van der Waals surface area (Å²) in [6.07, 6.45) is -5.18. The highest BCUT2D eigenvalue weighted by molar-refractivity contribution is 7.10. The molecule has 0 bridgehead atoms. The average Bonchev–Trinajstić information content (AvgIpc) is 2.72. The van der Waals surface area contributed by atoms with E-state index in [1.165, 1.54) is 5.32 Å². The number of rotatable bonds is 2. The van der Waals surface area contributed by atoms with Crippen LogP contribution in [0, 0.1) is 12.8 Å². The van der Waals surface area contributed by atoms with Gasteiger partial charge < -0.3 is 15.7 Å². The second-order valence-electron chi connectivity index (χ2n) is 4.90. The number of ketones is 1. The van der Waals surface area contributed by atoms with Gasteiger partial charge in [-0.3, -0.25) is 4.79 Å². The Kier molecular flexibility index (Phi) is 3.75. The number of Topliss-reactive ketones (excluding diaryl/α,β-unsaturated/α-hetero) is 1. The lowest BCUT2D eigenvalue weighted by Gasteiger charge is -2.44. The minimum Gasteiger partial charge on any atom is -0.363 e. The van der Waals surface area contributed by atoms with Gasteiger partial charge in [0.1, 0.15) is 5.78 Å². The SMILES string of the molecule is CC(=O)C1C(c2sccc2C)NC(=O)NC1(O)C(F)(F)F. The van der Waals surface area contributed by atoms with Crippen molar-refractivity contribution in [2.75, 3.05) is 0 Å². The van der Waals surface area contributed by atoms with Gasteiger partial charge >= 0.3 is 12.2 Å². The van der Waals surface area contributed by atoms with Crippen molar-refractivity contribution in [2.45, 2.75) is 31.8 Å². The third-order valence-corrected chi connectivity index (χ3v) is 4.53. The lowest BCUT2D eigenvalue weighted by Crippen LogP contribution is -2.72. The van der Waals surface area contributed by atoms with Crippen molar-refractivity contribution in [3.63, 3.8) is 0 Å². The first-order chi connectivity index (χ1) is 9.58. The molecule has 3 unspecified atom stereocenters. The molecule has 1 aromatic heterocycles. The van der Waals surface area contributed by atoms with E-state index in [0.717, 1.165) is 18.3 Å². The van der Waals surface area contributed by atoms with Crippen LogP contribution in [0.4, 0.5) is 18.0 Å². The maximum atomic E-state index is 13.2. The van der Waals surface area contributed by atoms with Crippen LogP contribution in [-0.2, 0) is 4.79 Å². The predicted molar refractivity (Wildman–Crippen MR) is 68.6 cm³/mol. The number of hydrogen-bond donors (Lipinski definition) is 3. The average molecular weight is 322 g/mol. The van der Waals surface area contributed by atoms with Gasteiger partial charge in [-0.15, -0.1) is 11.3 Å². The quantitative estimate of drug-likeness (QED) is 0.778. The van der Waals surface area contributed by atoms with Crippen LogP contribution in [0.15, 0.2) is 11.4 Å². The topological polar surface area (TPSA) is 78.4 Å². The van der Waals surface area contributed by atoms with Gasteiger partial charge in [-0.05, 0) is 30.9 Å². The molecule has 9 heteroatoms. The van der Waals surface area contributed by atoms with E-state index in [4.69, 9.17) is 0 Å². The number of alkyl halides is 3. The number of aliphatic hydroxyl groups is 1. The molecule has 116 valence electrons. The fourth-order valence-corrected chi connectivity index (χ4v) is 3.46. The normalized spacial score (nSPS) is 29.7. The molecule has 5 nitrogen and oxygen atoms in total. The number of carbonyl (C=O) groups excluding carboxylic acids is 2. The molecule has 0 aliphatic carbocycles. The Morgan fingerprint density at radius 1 is 1.48 bits per heavy atom. The minimum absolute atomic E-state index is 0.410. The van der Waals surface area contributed by atoms with Gasteiger partial charge in [0.25, 0.3) is 0 Å². The van der Waals surface area contributed by atoms with Gasteiger partial charge in [0.05, 0.1) is 12.0 Å². The Balaban J connectivity index is 2.57. The summed E-state index contributed by atoms with van der Waals surface area (Å²) in [6, 6.07) is -0.745. The van der Waals surface area contributed by atoms with E-state index in [9.17, 15) is 27.9 Å². The highest BCUT2D eigenvalue weighted by Crippen LogP contribution is 2.44. The molecule has 0 spiro atoms. The molecule has 3 atom stereocenters. The van der Waals surface area contributed by atoms with Gasteiger partial charge in [0.15, 0.2) is 0 Å². The number of aryl methyl sites for hydroxylation is 1. The molecule has 0 saturated carbocycles. The van der Waals surface area contributed by atoms with E-state index in [-0.39, 0.29) is 0 Å². The Hall–Kier alpha value is -1.61. The second-order valence-corrected chi connectivity index (χ2v) is 5.84. The number of thiophene rings is 1. The zero-order valence-electron chi connectivity index (χ0n) is 11.1. The number of hydrogen-bond acceptors (Lipinski definition) is 4. The van der Waals surface area contributed by atoms with E-state index in [0.29, 0.717) is 10.4 Å². The van der Waals surface area contributed by atoms with Crippen LogP contribution in [-0.4, -0.2) is 28.8 Å². The van der Waals surface area contributed by atoms with Crippen molar-refractivity contribution >= 4 is 23.2 Å². The summed E-state index contributed by atoms with van der Waals surface area (Å²) in [5.74, 6) is -2.74. The van der Waals surface area contributed by atoms with Gasteiger partial charge in [-0.1, -0.05) is 0 Å². The molecule has 2 heterocycles. The summed E-state index contributed by atoms with van der Waals surface area (Å²) in [5, 5.41) is 15.3. The fourth-order valence-electron chi connectivity index (χ4n) is 2.45. The molecule has 0 aromatic carbocycles. The molecule has 1 aliphatic heterocycles. The summed E-state index contributed by atoms with van der Waals surface area (Å²) in [6.45, 7) is 2.61. The third kappa shape index (κ3) is 2.51. The fraction of sp³-hybridized carbons (Fsp3) is 0.500. The van der Waals surface area contributed by atoms with Crippen LogP contribution in [0.1, 0.15) is 23.4 Å². The Bertz CT molecular complexity index is 587. The lowest BCUT2D eigenvalue weighted by molar-refractivity contribution is -0.290. The molecule has 2 rings (SSSR count). The van der Waals surface area contributed by atoms with Gasteiger partial charge in [0.2, 0.25) is 5.72 Å². The standard InChI is InChI=1S/C12H13F3N2O3S/c1-5-3-4-21-9(5)8-7(6(2)18)11(20,12(13,14)15)17-10(19)16-8/h3-4,7-8,20H,1-2H3,(H2,16,17,19). The Labute approximate surface area is 122 Å². The first kappa shape index (κ1) is 15.8. The van der Waals surface area contributed by atoms with Crippen molar-refractivity contribution < 1.29 is 27.9 Å². The zero-order valence-corrected chi connectivity index (χ0v) is 11.9. The molecule has 0 radical (unpaired) electrons. The van der Waals surface area contributed by atoms with Crippen LogP contribution in [0.3, 0.4) is 0 Å². The molecule has 1 saturated heterocycles. The zero-order chi connectivity index (χ0) is 16.0. The highest BCUT2D eigenvalue weighted by atomic mass is 32.1. The van der Waals surface area contributed by atoms with Gasteiger partial charge in [0, 0.05) is 4.88 Å². The molecule has 21 heavy (non-hydrogen) atoms. The monoisotopic (exact) mass is 322 g/mol. The maximum Gasteiger partial charge on any atom is 0.437 e. The number of urea groups is 1. The molecule has 1 aliphatic rings. The van der Waals surface area contributed by atoms with Crippen LogP contribution in [0.25, 0.3) is 0 Å². The highest BCUT2D eigenvalue weighted by Gasteiger charge is 2.65. The number of amides is 2. The number of nitrogens with one attached hydrogen (secondary N) is 2. The first-order valence-electron chi connectivity index (χ1n) is 6.00. The maximum absolute atomic E-state index is 13.2. The van der Waals surface area contributed by atoms with E-state index < -0.39 is 35.7 Å². The largest absolute Gasteiger partial charge is 0.437 e. The van der Waals surface area contributed by atoms with E-state index in [2.05, 4.69) is 5.32 Å². The Morgan fingerprint density at radius 2 is 2.10 bits per heavy atom. The van der Waals surface area contributed by atoms with Crippen molar-refractivity contribution in [1.82, 2.24) is 10.6 Å². The van der Waals surface area contributed by atoms with E-state index in [1.54, 1.807) is 18.4 Å². The van der Waals surface area contributed by atoms with Gasteiger partial charge in [-0.2, -0.15) is 13.2 Å². The van der Waals surface area contributed by atoms with Crippen LogP contribution in [0.5, 0.6) is 0 Å². The molecule has 1 aromatic rings. The van der Waals surface area contributed by atoms with Crippen molar-refractivity contribution in [3.05, 3.63) is 21.9 Å². The second kappa shape index (κ2) is 4.99. The summed E-state index contributed by atoms with van der Waals surface area (Å²) < 4.78 is 39.6. The van der Waals surface area contributed by atoms with E-state index >= 15 is 0 Å². The van der Waals surface area contributed by atoms with Crippen LogP contribution >= 0.6 is 11.3 Å². The van der Waals surface area contributed by atoms with Crippen molar-refractivity contribution in [3.8, 4) is 0 Å². The molecule has 2 amide bonds. The summed E-state index contributed by atoms with van der Waals surface area (Å²) in [5.41, 5.74) is -2.95. The van der Waals surface area contributed by atoms with Crippen molar-refractivity contribution in [2.24, 2.45) is 5.92 Å². The smallest absolute Gasteiger partial charge is 0.363 e. The van der Waals surface area contributed by atoms with Crippen LogP contribution < -0.4 is 10.6 Å². The number of carbonyl (C=O) groups is 2. The minimum atomic E-state index is -5.18. The van der Waals surface area contributed by atoms with Crippen LogP contribution in [0.2, 0.25) is 0 Å². The van der Waals surface area contributed by atoms with E-state index in [1.807, 2.05) is 0 Å². The Morgan fingerprint density at radius 3 is 2.52 bits per heavy atom. The first-order valence-corrected chi connectivity index (χ1v) is 6.88.